The van der Waals surface area contributed by atoms with Gasteiger partial charge in [-0.2, -0.15) is 0 Å². The molecule has 1 aliphatic heterocycles. The first-order valence-corrected chi connectivity index (χ1v) is 12.4. The maximum Gasteiger partial charge on any atom is 0.475 e. The molecule has 3 rings (SSSR count). The first-order valence-electron chi connectivity index (χ1n) is 12.4. The number of amides is 2. The van der Waals surface area contributed by atoms with Crippen molar-refractivity contribution in [2.45, 2.75) is 44.1 Å². The van der Waals surface area contributed by atoms with Gasteiger partial charge in [0, 0.05) is 13.1 Å². The molecule has 2 aromatic carbocycles. The fourth-order valence-electron chi connectivity index (χ4n) is 4.16. The van der Waals surface area contributed by atoms with Crippen molar-refractivity contribution >= 4 is 18.9 Å². The molecule has 1 aliphatic rings. The topological polar surface area (TPSA) is 111 Å². The fourth-order valence-corrected chi connectivity index (χ4v) is 4.16. The van der Waals surface area contributed by atoms with Crippen LogP contribution in [-0.4, -0.2) is 78.7 Å². The number of nitrogens with zero attached hydrogens (tertiary/aromatic N) is 1. The first kappa shape index (κ1) is 26.9. The van der Waals surface area contributed by atoms with Crippen molar-refractivity contribution in [3.63, 3.8) is 0 Å². The number of hydrogen-bond acceptors (Lipinski definition) is 6. The maximum absolute atomic E-state index is 13.2. The van der Waals surface area contributed by atoms with Gasteiger partial charge in [0.15, 0.2) is 0 Å². The molecule has 0 saturated carbocycles. The summed E-state index contributed by atoms with van der Waals surface area (Å²) >= 11 is 0. The molecule has 2 amide bonds. The van der Waals surface area contributed by atoms with Gasteiger partial charge in [-0.3, -0.25) is 9.59 Å². The van der Waals surface area contributed by atoms with Crippen LogP contribution in [0, 0.1) is 0 Å². The van der Waals surface area contributed by atoms with E-state index in [4.69, 9.17) is 4.74 Å². The number of nitrogens with one attached hydrogen (secondary N) is 2. The Balaban J connectivity index is 1.57. The quantitative estimate of drug-likeness (QED) is 0.317. The van der Waals surface area contributed by atoms with Gasteiger partial charge in [-0.1, -0.05) is 60.7 Å². The summed E-state index contributed by atoms with van der Waals surface area (Å²) in [5.74, 6) is -1.34. The minimum Gasteiger partial charge on any atom is -0.426 e. The van der Waals surface area contributed by atoms with Crippen molar-refractivity contribution in [2.75, 3.05) is 32.8 Å². The van der Waals surface area contributed by atoms with E-state index in [0.717, 1.165) is 17.5 Å². The van der Waals surface area contributed by atoms with E-state index in [0.29, 0.717) is 52.1 Å². The zero-order chi connectivity index (χ0) is 24.9. The summed E-state index contributed by atoms with van der Waals surface area (Å²) in [6.07, 6.45) is 2.57. The van der Waals surface area contributed by atoms with Gasteiger partial charge in [0.05, 0.1) is 31.6 Å². The molecule has 0 radical (unpaired) electrons. The second kappa shape index (κ2) is 14.6. The Morgan fingerprint density at radius 1 is 0.943 bits per heavy atom. The predicted octanol–water partition coefficient (Wildman–Crippen LogP) is 0.956. The molecule has 0 aromatic heterocycles. The van der Waals surface area contributed by atoms with Crippen molar-refractivity contribution in [3.8, 4) is 0 Å². The van der Waals surface area contributed by atoms with Crippen LogP contribution in [0.5, 0.6) is 0 Å². The van der Waals surface area contributed by atoms with E-state index in [1.807, 2.05) is 60.7 Å². The lowest BCUT2D eigenvalue weighted by Gasteiger charge is -2.29. The van der Waals surface area contributed by atoms with Gasteiger partial charge in [0.1, 0.15) is 0 Å². The molecule has 1 saturated heterocycles. The van der Waals surface area contributed by atoms with Crippen LogP contribution < -0.4 is 10.6 Å². The predicted molar refractivity (Wildman–Crippen MR) is 135 cm³/mol. The van der Waals surface area contributed by atoms with E-state index in [1.54, 1.807) is 4.90 Å². The molecule has 1 heterocycles. The lowest BCUT2D eigenvalue weighted by atomic mass is 9.76. The summed E-state index contributed by atoms with van der Waals surface area (Å²) < 4.78 is 5.32. The molecule has 8 nitrogen and oxygen atoms in total. The minimum atomic E-state index is -1.69. The number of ether oxygens (including phenoxy) is 1. The Kier molecular flexibility index (Phi) is 11.2. The van der Waals surface area contributed by atoms with Crippen LogP contribution in [0.3, 0.4) is 0 Å². The highest BCUT2D eigenvalue weighted by molar-refractivity contribution is 6.43. The molecule has 1 unspecified atom stereocenters. The Bertz CT molecular complexity index is 894. The average molecular weight is 481 g/mol. The fraction of sp³-hybridized carbons (Fsp3) is 0.462. The number of benzene rings is 2. The lowest BCUT2D eigenvalue weighted by molar-refractivity contribution is -0.138. The van der Waals surface area contributed by atoms with Gasteiger partial charge in [0.2, 0.25) is 11.8 Å². The van der Waals surface area contributed by atoms with Crippen LogP contribution in [0.25, 0.3) is 0 Å². The summed E-state index contributed by atoms with van der Waals surface area (Å²) in [4.78, 5) is 27.7. The lowest BCUT2D eigenvalue weighted by Crippen LogP contribution is -2.54. The van der Waals surface area contributed by atoms with Gasteiger partial charge in [-0.25, -0.2) is 0 Å². The largest absolute Gasteiger partial charge is 0.475 e. The van der Waals surface area contributed by atoms with Gasteiger partial charge in [-0.15, -0.1) is 0 Å². The Morgan fingerprint density at radius 2 is 1.54 bits per heavy atom. The molecule has 0 spiro atoms. The van der Waals surface area contributed by atoms with Gasteiger partial charge < -0.3 is 30.3 Å². The monoisotopic (exact) mass is 481 g/mol. The van der Waals surface area contributed by atoms with Crippen LogP contribution in [0.15, 0.2) is 60.7 Å². The number of rotatable bonds is 13. The SMILES string of the molecule is O=C(N[C@@H](CCCc1ccccc1)B(O)O)C(CC(=O)N1CCOCC1)NCCc1ccccc1. The second-order valence-electron chi connectivity index (χ2n) is 8.85. The summed E-state index contributed by atoms with van der Waals surface area (Å²) in [5, 5.41) is 25.7. The van der Waals surface area contributed by atoms with Crippen molar-refractivity contribution in [1.29, 1.82) is 0 Å². The molecule has 0 bridgehead atoms. The number of hydrogen-bond donors (Lipinski definition) is 4. The number of carbonyl (C=O) groups is 2. The molecule has 2 atom stereocenters. The number of aryl methyl sites for hydroxylation is 1. The summed E-state index contributed by atoms with van der Waals surface area (Å²) in [5.41, 5.74) is 2.28. The molecular weight excluding hydrogens is 445 g/mol. The van der Waals surface area contributed by atoms with E-state index < -0.39 is 25.0 Å². The second-order valence-corrected chi connectivity index (χ2v) is 8.85. The zero-order valence-electron chi connectivity index (χ0n) is 20.1. The third-order valence-corrected chi connectivity index (χ3v) is 6.22. The van der Waals surface area contributed by atoms with Crippen LogP contribution in [0.2, 0.25) is 0 Å². The van der Waals surface area contributed by atoms with Gasteiger partial charge >= 0.3 is 7.12 Å². The zero-order valence-corrected chi connectivity index (χ0v) is 20.1. The molecule has 2 aromatic rings. The molecule has 35 heavy (non-hydrogen) atoms. The average Bonchev–Trinajstić information content (AvgIpc) is 2.89. The molecule has 0 aliphatic carbocycles. The van der Waals surface area contributed by atoms with Gasteiger partial charge in [0.25, 0.3) is 0 Å². The van der Waals surface area contributed by atoms with E-state index in [2.05, 4.69) is 10.6 Å². The third-order valence-electron chi connectivity index (χ3n) is 6.22. The third kappa shape index (κ3) is 9.45. The molecule has 4 N–H and O–H groups in total. The minimum absolute atomic E-state index is 0.00111. The van der Waals surface area contributed by atoms with Crippen LogP contribution >= 0.6 is 0 Å². The van der Waals surface area contributed by atoms with E-state index in [-0.39, 0.29) is 12.3 Å². The summed E-state index contributed by atoms with van der Waals surface area (Å²) in [6.45, 7) is 2.51. The first-order chi connectivity index (χ1) is 17.0. The maximum atomic E-state index is 13.2. The molecular formula is C26H36BN3O5. The van der Waals surface area contributed by atoms with Crippen molar-refractivity contribution < 1.29 is 24.4 Å². The van der Waals surface area contributed by atoms with Gasteiger partial charge in [-0.05, 0) is 43.4 Å². The van der Waals surface area contributed by atoms with Crippen molar-refractivity contribution in [1.82, 2.24) is 15.5 Å². The Morgan fingerprint density at radius 3 is 2.14 bits per heavy atom. The van der Waals surface area contributed by atoms with Crippen LogP contribution in [0.1, 0.15) is 30.4 Å². The van der Waals surface area contributed by atoms with Crippen LogP contribution in [-0.2, 0) is 27.2 Å². The Hall–Kier alpha value is -2.72. The van der Waals surface area contributed by atoms with Crippen LogP contribution in [0.4, 0.5) is 0 Å². The van der Waals surface area contributed by atoms with E-state index >= 15 is 0 Å². The highest BCUT2D eigenvalue weighted by Crippen LogP contribution is 2.09. The summed E-state index contributed by atoms with van der Waals surface area (Å²) in [6, 6.07) is 19.1. The normalized spacial score (nSPS) is 15.3. The Labute approximate surface area is 207 Å². The number of carbonyl (C=O) groups excluding carboxylic acids is 2. The van der Waals surface area contributed by atoms with E-state index in [9.17, 15) is 19.6 Å². The standard InChI is InChI=1S/C26H36BN3O5/c31-25(30-16-18-35-19-17-30)20-23(28-15-14-22-10-5-2-6-11-22)26(32)29-24(27(33)34)13-7-12-21-8-3-1-4-9-21/h1-6,8-11,23-24,28,33-34H,7,12-20H2,(H,29,32)/t23?,24-/m0/s1. The smallest absolute Gasteiger partial charge is 0.426 e. The molecule has 188 valence electrons. The molecule has 9 heteroatoms. The van der Waals surface area contributed by atoms with E-state index in [1.165, 1.54) is 0 Å². The van der Waals surface area contributed by atoms with Crippen molar-refractivity contribution in [2.24, 2.45) is 0 Å². The highest BCUT2D eigenvalue weighted by Gasteiger charge is 2.30. The molecule has 1 fully saturated rings. The highest BCUT2D eigenvalue weighted by atomic mass is 16.5. The summed E-state index contributed by atoms with van der Waals surface area (Å²) in [7, 11) is -1.69. The van der Waals surface area contributed by atoms with Crippen molar-refractivity contribution in [3.05, 3.63) is 71.8 Å². The number of morpholine rings is 1.